The largest absolute Gasteiger partial charge is 0.506 e. The van der Waals surface area contributed by atoms with E-state index >= 15 is 0 Å². The Kier molecular flexibility index (Phi) is 12.6. The van der Waals surface area contributed by atoms with Gasteiger partial charge in [0.2, 0.25) is 12.2 Å². The van der Waals surface area contributed by atoms with E-state index in [0.717, 1.165) is 13.2 Å². The third-order valence-corrected chi connectivity index (χ3v) is 7.21. The van der Waals surface area contributed by atoms with Crippen LogP contribution >= 0.6 is 0 Å². The molecule has 0 aromatic rings. The first-order valence-corrected chi connectivity index (χ1v) is 13.4. The lowest BCUT2D eigenvalue weighted by molar-refractivity contribution is -0.370. The van der Waals surface area contributed by atoms with Crippen molar-refractivity contribution >= 4 is 11.9 Å². The van der Waals surface area contributed by atoms with E-state index in [1.807, 2.05) is 0 Å². The van der Waals surface area contributed by atoms with E-state index in [-0.39, 0.29) is 6.61 Å². The first-order valence-electron chi connectivity index (χ1n) is 13.4. The second-order valence-corrected chi connectivity index (χ2v) is 10.4. The van der Waals surface area contributed by atoms with Crippen LogP contribution in [0.5, 0.6) is 0 Å². The van der Waals surface area contributed by atoms with Crippen molar-refractivity contribution in [1.29, 1.82) is 0 Å². The SMILES string of the molecule is CC(=O)N[C@@H]1C(O)C[C@](OC2C(O)[C@H](OCCO[C@@H]3OC=C(O)C(O)C3O)OC(CO)[C@@H]2O)(C(=O)O)OC1C(O)C(O)CO. The van der Waals surface area contributed by atoms with E-state index in [4.69, 9.17) is 28.4 Å². The zero-order valence-electron chi connectivity index (χ0n) is 23.3. The second-order valence-electron chi connectivity index (χ2n) is 10.4. The van der Waals surface area contributed by atoms with Crippen LogP contribution < -0.4 is 5.32 Å². The Balaban J connectivity index is 1.77. The summed E-state index contributed by atoms with van der Waals surface area (Å²) in [5, 5.41) is 113. The number of carboxylic acid groups (broad SMARTS) is 1. The van der Waals surface area contributed by atoms with E-state index < -0.39 is 129 Å². The number of carbonyl (C=O) groups excluding carboxylic acids is 1. The molecule has 20 nitrogen and oxygen atoms in total. The van der Waals surface area contributed by atoms with Gasteiger partial charge in [-0.15, -0.1) is 0 Å². The first kappa shape index (κ1) is 36.2. The van der Waals surface area contributed by atoms with Gasteiger partial charge in [-0.25, -0.2) is 4.79 Å². The van der Waals surface area contributed by atoms with Gasteiger partial charge in [0.15, 0.2) is 12.0 Å². The highest BCUT2D eigenvalue weighted by molar-refractivity contribution is 5.76. The minimum Gasteiger partial charge on any atom is -0.506 e. The van der Waals surface area contributed by atoms with Crippen LogP contribution in [-0.2, 0) is 38.0 Å². The maximum absolute atomic E-state index is 12.5. The molecule has 3 aliphatic rings. The summed E-state index contributed by atoms with van der Waals surface area (Å²) in [6, 6.07) is -1.50. The van der Waals surface area contributed by atoms with Crippen LogP contribution in [-0.4, -0.2) is 180 Å². The van der Waals surface area contributed by atoms with Crippen LogP contribution in [0.25, 0.3) is 0 Å². The summed E-state index contributed by atoms with van der Waals surface area (Å²) in [5.74, 6) is -6.21. The summed E-state index contributed by atoms with van der Waals surface area (Å²) in [6.45, 7) is -1.61. The van der Waals surface area contributed by atoms with Crippen molar-refractivity contribution in [2.75, 3.05) is 26.4 Å². The summed E-state index contributed by atoms with van der Waals surface area (Å²) in [6.07, 6.45) is -21.7. The Hall–Kier alpha value is -2.28. The van der Waals surface area contributed by atoms with Crippen LogP contribution in [0.1, 0.15) is 13.3 Å². The topological polar surface area (TPSA) is 324 Å². The number of amides is 1. The number of aliphatic carboxylic acids is 1. The minimum atomic E-state index is -2.94. The monoisotopic (exact) mass is 645 g/mol. The summed E-state index contributed by atoms with van der Waals surface area (Å²) in [7, 11) is 0. The number of carboxylic acids is 1. The molecule has 0 bridgehead atoms. The minimum absolute atomic E-state index is 0.362. The van der Waals surface area contributed by atoms with E-state index in [1.165, 1.54) is 0 Å². The van der Waals surface area contributed by atoms with Crippen LogP contribution in [0.2, 0.25) is 0 Å². The van der Waals surface area contributed by atoms with Crippen molar-refractivity contribution in [2.24, 2.45) is 0 Å². The molecule has 0 spiro atoms. The van der Waals surface area contributed by atoms with Crippen molar-refractivity contribution in [3.8, 4) is 0 Å². The molecule has 9 unspecified atom stereocenters. The smallest absolute Gasteiger partial charge is 0.364 e. The molecule has 2 fully saturated rings. The third kappa shape index (κ3) is 7.92. The van der Waals surface area contributed by atoms with Crippen molar-refractivity contribution in [1.82, 2.24) is 5.32 Å². The van der Waals surface area contributed by atoms with Crippen LogP contribution in [0.4, 0.5) is 0 Å². The molecule has 1 amide bonds. The van der Waals surface area contributed by atoms with Crippen LogP contribution in [0, 0.1) is 0 Å². The molecule has 0 aromatic heterocycles. The number of aliphatic hydroxyl groups excluding tert-OH is 10. The third-order valence-electron chi connectivity index (χ3n) is 7.21. The van der Waals surface area contributed by atoms with E-state index in [1.54, 1.807) is 0 Å². The number of carbonyl (C=O) groups is 2. The number of hydrogen-bond donors (Lipinski definition) is 12. The van der Waals surface area contributed by atoms with Gasteiger partial charge in [0.05, 0.1) is 38.6 Å². The predicted molar refractivity (Wildman–Crippen MR) is 135 cm³/mol. The van der Waals surface area contributed by atoms with Gasteiger partial charge < -0.3 is 89.9 Å². The quantitative estimate of drug-likeness (QED) is 0.0828. The Labute approximate surface area is 249 Å². The van der Waals surface area contributed by atoms with Crippen molar-refractivity contribution in [3.05, 3.63) is 12.0 Å². The van der Waals surface area contributed by atoms with Crippen molar-refractivity contribution in [2.45, 2.75) is 98.8 Å². The maximum Gasteiger partial charge on any atom is 0.364 e. The van der Waals surface area contributed by atoms with Crippen molar-refractivity contribution in [3.63, 3.8) is 0 Å². The first-order chi connectivity index (χ1) is 20.7. The summed E-state index contributed by atoms with van der Waals surface area (Å²) in [5.41, 5.74) is 0. The molecule has 3 heterocycles. The zero-order valence-corrected chi connectivity index (χ0v) is 23.3. The Morgan fingerprint density at radius 3 is 2.25 bits per heavy atom. The van der Waals surface area contributed by atoms with Gasteiger partial charge in [0.1, 0.15) is 61.2 Å². The summed E-state index contributed by atoms with van der Waals surface area (Å²) in [4.78, 5) is 24.2. The van der Waals surface area contributed by atoms with E-state index in [9.17, 15) is 65.8 Å². The highest BCUT2D eigenvalue weighted by Gasteiger charge is 2.59. The fourth-order valence-corrected chi connectivity index (χ4v) is 4.88. The fourth-order valence-electron chi connectivity index (χ4n) is 4.88. The molecule has 0 saturated carbocycles. The van der Waals surface area contributed by atoms with Crippen LogP contribution in [0.15, 0.2) is 12.0 Å². The lowest BCUT2D eigenvalue weighted by Gasteiger charge is -2.49. The van der Waals surface area contributed by atoms with Gasteiger partial charge in [0.25, 0.3) is 5.79 Å². The lowest BCUT2D eigenvalue weighted by Crippen LogP contribution is -2.70. The molecule has 14 atom stereocenters. The summed E-state index contributed by atoms with van der Waals surface area (Å²) < 4.78 is 32.0. The molecule has 12 N–H and O–H groups in total. The number of ether oxygens (including phenoxy) is 6. The fraction of sp³-hybridized carbons (Fsp3) is 0.833. The Morgan fingerprint density at radius 1 is 1.05 bits per heavy atom. The normalized spacial score (nSPS) is 40.8. The molecule has 3 aliphatic heterocycles. The number of hydrogen-bond acceptors (Lipinski definition) is 18. The number of nitrogens with one attached hydrogen (secondary N) is 1. The zero-order chi connectivity index (χ0) is 32.9. The highest BCUT2D eigenvalue weighted by Crippen LogP contribution is 2.37. The molecular weight excluding hydrogens is 606 g/mol. The highest BCUT2D eigenvalue weighted by atomic mass is 16.8. The average molecular weight is 646 g/mol. The Bertz CT molecular complexity index is 1000. The molecule has 20 heteroatoms. The average Bonchev–Trinajstić information content (AvgIpc) is 2.98. The van der Waals surface area contributed by atoms with Crippen molar-refractivity contribution < 1.29 is 94.2 Å². The lowest BCUT2D eigenvalue weighted by atomic mass is 9.88. The van der Waals surface area contributed by atoms with Gasteiger partial charge >= 0.3 is 5.97 Å². The molecule has 3 rings (SSSR count). The van der Waals surface area contributed by atoms with Gasteiger partial charge in [-0.1, -0.05) is 0 Å². The summed E-state index contributed by atoms with van der Waals surface area (Å²) >= 11 is 0. The molecule has 2 saturated heterocycles. The Morgan fingerprint density at radius 2 is 1.68 bits per heavy atom. The van der Waals surface area contributed by atoms with Gasteiger partial charge in [-0.05, 0) is 0 Å². The molecule has 0 aliphatic carbocycles. The van der Waals surface area contributed by atoms with Crippen LogP contribution in [0.3, 0.4) is 0 Å². The van der Waals surface area contributed by atoms with Gasteiger partial charge in [0, 0.05) is 13.3 Å². The van der Waals surface area contributed by atoms with Gasteiger partial charge in [-0.3, -0.25) is 4.79 Å². The number of aliphatic hydroxyl groups is 10. The second kappa shape index (κ2) is 15.3. The number of rotatable bonds is 13. The molecule has 0 radical (unpaired) electrons. The van der Waals surface area contributed by atoms with E-state index in [2.05, 4.69) is 5.32 Å². The molecule has 0 aromatic carbocycles. The molecular formula is C24H39NO19. The molecule has 44 heavy (non-hydrogen) atoms. The molecule has 254 valence electrons. The van der Waals surface area contributed by atoms with Gasteiger partial charge in [-0.2, -0.15) is 0 Å². The standard InChI is InChI=1S/C24H39NO19/c1-8(28)25-13-9(29)4-24(23(37)38,43-19(13)15(33)10(30)5-26)44-20-16(34)12(6-27)42-22(18(20)36)40-3-2-39-21-17(35)14(32)11(31)7-41-21/h7,9-10,12-22,26-27,29-36H,2-6H2,1H3,(H,25,28)(H,37,38)/t9?,10?,12?,13-,14?,15?,16+,17?,18?,19?,20?,21-,22-,24+/m1/s1. The van der Waals surface area contributed by atoms with E-state index in [0.29, 0.717) is 0 Å². The maximum atomic E-state index is 12.5. The predicted octanol–water partition coefficient (Wildman–Crippen LogP) is -6.53.